The number of esters is 1. The minimum absolute atomic E-state index is 0.0306. The van der Waals surface area contributed by atoms with Crippen molar-refractivity contribution in [3.63, 3.8) is 0 Å². The third kappa shape index (κ3) is 29.3. The molecule has 2 aliphatic carbocycles. The second-order valence-electron chi connectivity index (χ2n) is 29.4. The van der Waals surface area contributed by atoms with Crippen molar-refractivity contribution in [2.75, 3.05) is 150 Å². The zero-order valence-corrected chi connectivity index (χ0v) is 68.9. The van der Waals surface area contributed by atoms with Crippen LogP contribution in [0.3, 0.4) is 0 Å². The molecule has 4 aliphatic rings. The predicted octanol–water partition coefficient (Wildman–Crippen LogP) is 3.85. The number of aromatic nitrogens is 2. The van der Waals surface area contributed by atoms with Crippen LogP contribution in [-0.4, -0.2) is 238 Å². The molecular formula is C81H118FN15O22. The van der Waals surface area contributed by atoms with E-state index in [2.05, 4.69) is 72.1 Å². The van der Waals surface area contributed by atoms with Crippen LogP contribution in [0.4, 0.5) is 19.7 Å². The lowest BCUT2D eigenvalue weighted by Crippen LogP contribution is -2.54. The van der Waals surface area contributed by atoms with Crippen molar-refractivity contribution >= 4 is 70.1 Å². The minimum atomic E-state index is -2.06. The predicted molar refractivity (Wildman–Crippen MR) is 430 cm³/mol. The molecule has 0 fully saturated rings. The molecule has 37 nitrogen and oxygen atoms in total. The summed E-state index contributed by atoms with van der Waals surface area (Å²) in [5, 5.41) is 43.9. The fourth-order valence-electron chi connectivity index (χ4n) is 13.9. The van der Waals surface area contributed by atoms with Gasteiger partial charge in [-0.05, 0) is 118 Å². The average molecular weight is 1670 g/mol. The van der Waals surface area contributed by atoms with Crippen LogP contribution in [0, 0.1) is 24.2 Å². The summed E-state index contributed by atoms with van der Waals surface area (Å²) in [5.74, 6) is -4.99. The molecule has 2 aromatic heterocycles. The Morgan fingerprint density at radius 2 is 1.39 bits per heavy atom. The number of fused-ring (bicyclic) bond motifs is 5. The number of hydrogen-bond acceptors (Lipinski definition) is 27. The van der Waals surface area contributed by atoms with E-state index in [1.807, 2.05) is 0 Å². The number of nitrogens with zero attached hydrogens (tertiary/aromatic N) is 3. The van der Waals surface area contributed by atoms with E-state index in [1.165, 1.54) is 22.8 Å². The quantitative estimate of drug-likeness (QED) is 0.0114. The molecule has 656 valence electrons. The summed E-state index contributed by atoms with van der Waals surface area (Å²) in [7, 11) is 0. The van der Waals surface area contributed by atoms with Gasteiger partial charge in [0.05, 0.1) is 128 Å². The number of allylic oxidation sites excluding steroid dienone is 1. The highest BCUT2D eigenvalue weighted by Gasteiger charge is 2.46. The first-order chi connectivity index (χ1) is 57.4. The highest BCUT2D eigenvalue weighted by Crippen LogP contribution is 2.46. The minimum Gasteiger partial charge on any atom is -0.458 e. The first-order valence-corrected chi connectivity index (χ1v) is 40.8. The summed E-state index contributed by atoms with van der Waals surface area (Å²) in [6.45, 7) is 15.5. The van der Waals surface area contributed by atoms with Crippen LogP contribution in [0.1, 0.15) is 150 Å². The van der Waals surface area contributed by atoms with Crippen LogP contribution in [-0.2, 0) is 117 Å². The van der Waals surface area contributed by atoms with E-state index in [0.717, 1.165) is 43.5 Å². The van der Waals surface area contributed by atoms with Crippen LogP contribution < -0.4 is 64.5 Å². The molecule has 6 atom stereocenters. The van der Waals surface area contributed by atoms with Gasteiger partial charge in [0.2, 0.25) is 35.4 Å². The fourth-order valence-corrected chi connectivity index (χ4v) is 13.9. The number of primary amides is 1. The lowest BCUT2D eigenvalue weighted by atomic mass is 9.81. The zero-order valence-electron chi connectivity index (χ0n) is 68.9. The van der Waals surface area contributed by atoms with Crippen LogP contribution in [0.15, 0.2) is 57.7 Å². The van der Waals surface area contributed by atoms with Gasteiger partial charge in [0.15, 0.2) is 5.60 Å². The number of cyclic esters (lactones) is 1. The number of rotatable bonds is 54. The van der Waals surface area contributed by atoms with E-state index >= 15 is 4.39 Å². The van der Waals surface area contributed by atoms with E-state index in [4.69, 9.17) is 68.4 Å². The SMILES string of the molecule is CCC(C)NCCOCCOCCOCCN/C1=C(\N=N)C(OCC(=O)NCCOCCOCCOCCOCCC(=O)N[C@H](C(=O)N[C@@H](CCCNC(N)=O)C(=O)Nc2ccc(COC(=O)NCC(=O)NCOCC(=O)NC3CCc4c(C)c(F)cc5nc6c(c3c45)Cn3c-6cc4c(c3=O)COC(=O)[C@]4(O)CC)cc2)C(C)C)CCCCC1. The Balaban J connectivity index is 0.651. The van der Waals surface area contributed by atoms with Crippen LogP contribution in [0.2, 0.25) is 0 Å². The summed E-state index contributed by atoms with van der Waals surface area (Å²) >= 11 is 0. The third-order valence-electron chi connectivity index (χ3n) is 20.6. The maximum Gasteiger partial charge on any atom is 0.407 e. The van der Waals surface area contributed by atoms with E-state index in [1.54, 1.807) is 45.9 Å². The molecule has 0 saturated heterocycles. The largest absolute Gasteiger partial charge is 0.458 e. The van der Waals surface area contributed by atoms with Crippen molar-refractivity contribution in [2.45, 2.75) is 174 Å². The number of urea groups is 1. The second kappa shape index (κ2) is 49.7. The normalized spacial score (nSPS) is 17.4. The third-order valence-corrected chi connectivity index (χ3v) is 20.6. The zero-order chi connectivity index (χ0) is 85.6. The number of anilines is 1. The smallest absolute Gasteiger partial charge is 0.407 e. The van der Waals surface area contributed by atoms with Gasteiger partial charge < -0.3 is 121 Å². The van der Waals surface area contributed by atoms with E-state index in [0.29, 0.717) is 140 Å². The Hall–Kier alpha value is -9.74. The number of hydrogen-bond donors (Lipinski definition) is 13. The highest BCUT2D eigenvalue weighted by atomic mass is 19.1. The summed E-state index contributed by atoms with van der Waals surface area (Å²) in [6, 6.07) is 6.00. The molecule has 119 heavy (non-hydrogen) atoms. The van der Waals surface area contributed by atoms with Crippen molar-refractivity contribution in [2.24, 2.45) is 16.8 Å². The Labute approximate surface area is 690 Å². The van der Waals surface area contributed by atoms with Crippen molar-refractivity contribution in [3.8, 4) is 11.4 Å². The topological polar surface area (TPSA) is 493 Å². The van der Waals surface area contributed by atoms with Gasteiger partial charge in [-0.15, -0.1) is 0 Å². The number of halogens is 1. The molecule has 2 aliphatic heterocycles. The number of pyridine rings is 2. The molecule has 8 rings (SSSR count). The molecule has 4 heterocycles. The van der Waals surface area contributed by atoms with Gasteiger partial charge in [-0.25, -0.2) is 29.3 Å². The van der Waals surface area contributed by atoms with Gasteiger partial charge in [-0.3, -0.25) is 33.6 Å². The van der Waals surface area contributed by atoms with Gasteiger partial charge in [-0.2, -0.15) is 5.11 Å². The summed E-state index contributed by atoms with van der Waals surface area (Å²) in [6.07, 6.45) is 4.75. The summed E-state index contributed by atoms with van der Waals surface area (Å²) in [5.41, 5.74) is 16.4. The Kier molecular flexibility index (Phi) is 39.6. The summed E-state index contributed by atoms with van der Waals surface area (Å²) in [4.78, 5) is 135. The van der Waals surface area contributed by atoms with E-state index in [9.17, 15) is 53.1 Å². The fraction of sp³-hybridized carbons (Fsp3) is 0.617. The highest BCUT2D eigenvalue weighted by molar-refractivity contribution is 5.99. The Morgan fingerprint density at radius 1 is 0.723 bits per heavy atom. The van der Waals surface area contributed by atoms with Gasteiger partial charge in [0.1, 0.15) is 69.4 Å². The van der Waals surface area contributed by atoms with Gasteiger partial charge in [0, 0.05) is 72.6 Å². The molecule has 3 unspecified atom stereocenters. The summed E-state index contributed by atoms with van der Waals surface area (Å²) < 4.78 is 78.1. The number of aryl methyl sites for hydroxylation is 1. The maximum atomic E-state index is 15.4. The number of ether oxygens (including phenoxy) is 11. The lowest BCUT2D eigenvalue weighted by Gasteiger charge is -2.31. The Bertz CT molecular complexity index is 4170. The standard InChI is InChI=1S/C81H118FN15O22/c1-7-51(5)85-24-28-110-32-36-114-37-33-111-29-25-86-61-13-10-9-11-15-65(74(61)96-84)117-48-68(100)87-26-30-112-34-38-115-40-39-113-35-31-109-27-22-66(98)95-72(50(3)4)76(103)94-62(14-12-23-88-79(83)106)75(102)91-54-18-16-53(17-19-54)45-119-80(107)89-43-67(99)90-49-116-47-69(101)92-60-21-20-55-52(6)59(82)42-63-70(55)71(60)56-44-97-64(73(56)93-63)41-58-57(77(97)104)46-118-78(105)81(58,108)8-2/h16-19,41-42,50-51,60,62,65,72,84-86,108H,7-15,20-40,43-49H2,1-6H3,(H,87,100)(H,89,107)(H,90,99)(H,91,102)(H,92,101)(H,94,103)(H,95,98)(H3,83,88,106)/b74-61-,96-84?/t51?,60?,62-,65?,72-,81-/m0/s1. The molecule has 4 aromatic rings. The number of benzene rings is 2. The van der Waals surface area contributed by atoms with Gasteiger partial charge in [-0.1, -0.05) is 52.7 Å². The molecule has 0 spiro atoms. The molecule has 0 saturated carbocycles. The van der Waals surface area contributed by atoms with Crippen molar-refractivity contribution in [1.29, 1.82) is 5.53 Å². The number of nitrogens with one attached hydrogen (secondary N) is 11. The first kappa shape index (κ1) is 94.7. The van der Waals surface area contributed by atoms with Gasteiger partial charge in [0.25, 0.3) is 5.56 Å². The average Bonchev–Trinajstić information content (AvgIpc) is 1.58. The number of carbonyl (C=O) groups excluding carboxylic acids is 9. The van der Waals surface area contributed by atoms with E-state index < -0.39 is 115 Å². The van der Waals surface area contributed by atoms with E-state index in [-0.39, 0.29) is 128 Å². The van der Waals surface area contributed by atoms with Crippen molar-refractivity contribution < 1.29 is 105 Å². The lowest BCUT2D eigenvalue weighted by molar-refractivity contribution is -0.172. The molecule has 9 amide bonds. The van der Waals surface area contributed by atoms with Crippen molar-refractivity contribution in [1.82, 2.24) is 57.4 Å². The second-order valence-corrected chi connectivity index (χ2v) is 29.4. The van der Waals surface area contributed by atoms with Crippen molar-refractivity contribution in [3.05, 3.63) is 103 Å². The number of aliphatic hydroxyl groups is 1. The number of carbonyl (C=O) groups is 9. The molecule has 0 radical (unpaired) electrons. The molecule has 0 bridgehead atoms. The molecule has 14 N–H and O–H groups in total. The first-order valence-electron chi connectivity index (χ1n) is 40.8. The Morgan fingerprint density at radius 3 is 2.06 bits per heavy atom. The van der Waals surface area contributed by atoms with Crippen LogP contribution in [0.25, 0.3) is 22.3 Å². The van der Waals surface area contributed by atoms with Crippen LogP contribution in [0.5, 0.6) is 0 Å². The monoisotopic (exact) mass is 1670 g/mol. The maximum absolute atomic E-state index is 15.4. The molecular weight excluding hydrogens is 1550 g/mol. The number of amides is 9. The molecule has 38 heteroatoms. The number of nitrogens with two attached hydrogens (primary N) is 1. The number of alkyl carbamates (subject to hydrolysis) is 1. The molecule has 2 aromatic carbocycles. The van der Waals surface area contributed by atoms with Crippen LogP contribution >= 0.6 is 0 Å². The van der Waals surface area contributed by atoms with Gasteiger partial charge >= 0.3 is 18.1 Å².